The van der Waals surface area contributed by atoms with Crippen molar-refractivity contribution in [2.45, 2.75) is 59.4 Å². The van der Waals surface area contributed by atoms with Crippen LogP contribution in [0.15, 0.2) is 48.5 Å². The van der Waals surface area contributed by atoms with Gasteiger partial charge in [0.25, 0.3) is 0 Å². The van der Waals surface area contributed by atoms with E-state index >= 15 is 0 Å². The third-order valence-electron chi connectivity index (χ3n) is 5.82. The maximum absolute atomic E-state index is 3.28. The van der Waals surface area contributed by atoms with Crippen LogP contribution >= 0.6 is 11.9 Å². The van der Waals surface area contributed by atoms with Crippen molar-refractivity contribution in [2.75, 3.05) is 25.9 Å². The number of nitrogens with one attached hydrogen (secondary N) is 1. The van der Waals surface area contributed by atoms with Gasteiger partial charge >= 0.3 is 0 Å². The van der Waals surface area contributed by atoms with Gasteiger partial charge < -0.3 is 4.90 Å². The highest BCUT2D eigenvalue weighted by Gasteiger charge is 2.14. The Bertz CT molecular complexity index is 675. The fourth-order valence-corrected chi connectivity index (χ4v) is 4.02. The molecule has 2 aromatic carbocycles. The number of hydrogen-bond donors (Lipinski definition) is 1. The molecule has 0 bridgehead atoms. The summed E-state index contributed by atoms with van der Waals surface area (Å²) in [6.45, 7) is 11.5. The largest absolute Gasteiger partial charge is 0.303 e. The summed E-state index contributed by atoms with van der Waals surface area (Å²) in [5.41, 5.74) is 5.74. The summed E-state index contributed by atoms with van der Waals surface area (Å²) in [6.07, 6.45) is 8.45. The van der Waals surface area contributed by atoms with Gasteiger partial charge in [-0.1, -0.05) is 80.7 Å². The Morgan fingerprint density at radius 3 is 2.24 bits per heavy atom. The lowest BCUT2D eigenvalue weighted by atomic mass is 9.99. The molecule has 0 atom stereocenters. The van der Waals surface area contributed by atoms with Crippen LogP contribution in [-0.2, 0) is 19.4 Å². The number of rotatable bonds is 8. The van der Waals surface area contributed by atoms with Crippen molar-refractivity contribution < 1.29 is 0 Å². The first-order valence-electron chi connectivity index (χ1n) is 11.2. The van der Waals surface area contributed by atoms with E-state index < -0.39 is 0 Å². The van der Waals surface area contributed by atoms with Gasteiger partial charge in [-0.05, 0) is 80.1 Å². The predicted octanol–water partition coefficient (Wildman–Crippen LogP) is 6.28. The third kappa shape index (κ3) is 9.37. The summed E-state index contributed by atoms with van der Waals surface area (Å²) in [6, 6.07) is 17.6. The van der Waals surface area contributed by atoms with Crippen LogP contribution in [0.25, 0.3) is 0 Å². The molecule has 0 unspecified atom stereocenters. The van der Waals surface area contributed by atoms with Crippen LogP contribution in [0, 0.1) is 12.8 Å². The van der Waals surface area contributed by atoms with Gasteiger partial charge in [0, 0.05) is 13.1 Å². The summed E-state index contributed by atoms with van der Waals surface area (Å²) < 4.78 is 3.28. The molecule has 1 aliphatic heterocycles. The minimum Gasteiger partial charge on any atom is -0.303 e. The standard InChI is InChI=1S/C16H26N2S.C10H14/c1-14-7-10-18(11-8-14)12-9-15-3-5-16(6-4-15)13-17-19-2;1-3-6-10-8-5-4-7-9(10)2/h3-6,14,17H,7-13H2,1-2H3;4-5,7-8H,3,6H2,1-2H3. The van der Waals surface area contributed by atoms with E-state index in [1.54, 1.807) is 11.9 Å². The molecule has 0 aliphatic carbocycles. The summed E-state index contributed by atoms with van der Waals surface area (Å²) in [5, 5.41) is 0. The fraction of sp³-hybridized carbons (Fsp3) is 0.538. The molecule has 2 nitrogen and oxygen atoms in total. The van der Waals surface area contributed by atoms with Crippen molar-refractivity contribution in [3.05, 3.63) is 70.8 Å². The summed E-state index contributed by atoms with van der Waals surface area (Å²) in [7, 11) is 0. The number of benzene rings is 2. The van der Waals surface area contributed by atoms with Crippen LogP contribution < -0.4 is 4.72 Å². The van der Waals surface area contributed by atoms with Gasteiger partial charge in [-0.15, -0.1) is 0 Å². The minimum absolute atomic E-state index is 0.930. The van der Waals surface area contributed by atoms with Gasteiger partial charge in [-0.2, -0.15) is 0 Å². The number of nitrogens with zero attached hydrogens (tertiary/aromatic N) is 1. The first-order chi connectivity index (χ1) is 14.1. The molecule has 2 aromatic rings. The van der Waals surface area contributed by atoms with E-state index in [2.05, 4.69) is 85.2 Å². The smallest absolute Gasteiger partial charge is 0.0309 e. The molecule has 0 radical (unpaired) electrons. The molecule has 3 rings (SSSR count). The second-order valence-corrected chi connectivity index (χ2v) is 8.99. The van der Waals surface area contributed by atoms with E-state index in [4.69, 9.17) is 0 Å². The average molecular weight is 413 g/mol. The third-order valence-corrected chi connectivity index (χ3v) is 6.25. The molecule has 0 amide bonds. The molecule has 0 aromatic heterocycles. The molecule has 0 spiro atoms. The Morgan fingerprint density at radius 1 is 0.966 bits per heavy atom. The Hall–Kier alpha value is -1.29. The van der Waals surface area contributed by atoms with E-state index in [1.807, 2.05) is 0 Å². The van der Waals surface area contributed by atoms with Gasteiger partial charge in [0.15, 0.2) is 0 Å². The molecule has 1 saturated heterocycles. The minimum atomic E-state index is 0.930. The van der Waals surface area contributed by atoms with Gasteiger partial charge in [0.05, 0.1) is 0 Å². The average Bonchev–Trinajstić information content (AvgIpc) is 2.75. The monoisotopic (exact) mass is 412 g/mol. The van der Waals surface area contributed by atoms with Crippen molar-refractivity contribution in [3.8, 4) is 0 Å². The maximum atomic E-state index is 3.28. The lowest BCUT2D eigenvalue weighted by Gasteiger charge is -2.30. The molecular weight excluding hydrogens is 372 g/mol. The molecule has 1 N–H and O–H groups in total. The highest BCUT2D eigenvalue weighted by Crippen LogP contribution is 2.16. The zero-order chi connectivity index (χ0) is 20.9. The number of likely N-dealkylation sites (tertiary alicyclic amines) is 1. The second-order valence-electron chi connectivity index (χ2n) is 8.29. The summed E-state index contributed by atoms with van der Waals surface area (Å²) in [5.74, 6) is 0.930. The number of hydrogen-bond acceptors (Lipinski definition) is 3. The van der Waals surface area contributed by atoms with Gasteiger partial charge in [0.1, 0.15) is 0 Å². The molecule has 0 saturated carbocycles. The Balaban J connectivity index is 0.000000253. The topological polar surface area (TPSA) is 15.3 Å². The van der Waals surface area contributed by atoms with Crippen LogP contribution in [0.2, 0.25) is 0 Å². The summed E-state index contributed by atoms with van der Waals surface area (Å²) >= 11 is 1.67. The quantitative estimate of drug-likeness (QED) is 0.514. The van der Waals surface area contributed by atoms with Crippen molar-refractivity contribution in [1.82, 2.24) is 9.62 Å². The lowest BCUT2D eigenvalue weighted by Crippen LogP contribution is -2.34. The Labute approximate surface area is 183 Å². The van der Waals surface area contributed by atoms with E-state index in [0.29, 0.717) is 0 Å². The van der Waals surface area contributed by atoms with Crippen LogP contribution in [0.3, 0.4) is 0 Å². The zero-order valence-corrected chi connectivity index (χ0v) is 19.7. The molecule has 3 heteroatoms. The number of piperidine rings is 1. The van der Waals surface area contributed by atoms with Crippen molar-refractivity contribution >= 4 is 11.9 Å². The van der Waals surface area contributed by atoms with Crippen molar-refractivity contribution in [2.24, 2.45) is 5.92 Å². The van der Waals surface area contributed by atoms with Crippen LogP contribution in [0.1, 0.15) is 55.4 Å². The van der Waals surface area contributed by atoms with Gasteiger partial charge in [-0.3, -0.25) is 4.72 Å². The normalized spacial score (nSPS) is 15.0. The maximum Gasteiger partial charge on any atom is 0.0309 e. The number of aryl methyl sites for hydroxylation is 2. The SMILES string of the molecule is CCCc1ccccc1C.CSNCc1ccc(CCN2CCC(C)CC2)cc1. The van der Waals surface area contributed by atoms with Crippen molar-refractivity contribution in [1.29, 1.82) is 0 Å². The second kappa shape index (κ2) is 13.8. The molecule has 29 heavy (non-hydrogen) atoms. The van der Waals surface area contributed by atoms with Gasteiger partial charge in [-0.25, -0.2) is 0 Å². The van der Waals surface area contributed by atoms with E-state index in [9.17, 15) is 0 Å². The Kier molecular flexibility index (Phi) is 11.5. The zero-order valence-electron chi connectivity index (χ0n) is 18.9. The molecule has 1 fully saturated rings. The van der Waals surface area contributed by atoms with Crippen LogP contribution in [0.5, 0.6) is 0 Å². The van der Waals surface area contributed by atoms with E-state index in [0.717, 1.165) is 12.5 Å². The van der Waals surface area contributed by atoms with Crippen LogP contribution in [-0.4, -0.2) is 30.8 Å². The highest BCUT2D eigenvalue weighted by molar-refractivity contribution is 7.96. The lowest BCUT2D eigenvalue weighted by molar-refractivity contribution is 0.194. The van der Waals surface area contributed by atoms with Crippen molar-refractivity contribution in [3.63, 3.8) is 0 Å². The van der Waals surface area contributed by atoms with E-state index in [-0.39, 0.29) is 0 Å². The first-order valence-corrected chi connectivity index (χ1v) is 12.4. The summed E-state index contributed by atoms with van der Waals surface area (Å²) in [4.78, 5) is 2.61. The molecule has 1 heterocycles. The molecule has 160 valence electrons. The van der Waals surface area contributed by atoms with E-state index in [1.165, 1.54) is 74.0 Å². The van der Waals surface area contributed by atoms with Gasteiger partial charge in [0.2, 0.25) is 0 Å². The molecular formula is C26H40N2S. The highest BCUT2D eigenvalue weighted by atomic mass is 32.2. The molecule has 1 aliphatic rings. The van der Waals surface area contributed by atoms with Crippen LogP contribution in [0.4, 0.5) is 0 Å². The first kappa shape index (κ1) is 24.0. The predicted molar refractivity (Wildman–Crippen MR) is 131 cm³/mol. The Morgan fingerprint density at radius 2 is 1.62 bits per heavy atom. The fourth-order valence-electron chi connectivity index (χ4n) is 3.71.